The molecule has 1 aliphatic carbocycles. The minimum atomic E-state index is -0.457. The first-order chi connectivity index (χ1) is 18.2. The van der Waals surface area contributed by atoms with E-state index in [1.54, 1.807) is 12.1 Å². The molecule has 1 aliphatic heterocycles. The zero-order valence-corrected chi connectivity index (χ0v) is 20.8. The van der Waals surface area contributed by atoms with Crippen LogP contribution in [-0.4, -0.2) is 51.7 Å². The molecule has 0 unspecified atom stereocenters. The third-order valence-electron chi connectivity index (χ3n) is 7.32. The number of aromatic nitrogens is 4. The first-order valence-corrected chi connectivity index (χ1v) is 13.0. The maximum atomic E-state index is 11.6. The van der Waals surface area contributed by atoms with E-state index >= 15 is 0 Å². The normalized spacial score (nSPS) is 16.7. The molecule has 1 saturated carbocycles. The van der Waals surface area contributed by atoms with Crippen LogP contribution in [0.1, 0.15) is 48.5 Å². The minimum Gasteiger partial charge on any atom is -0.378 e. The second-order valence-corrected chi connectivity index (χ2v) is 9.72. The van der Waals surface area contributed by atoms with Crippen LogP contribution in [0.15, 0.2) is 54.9 Å². The predicted octanol–water partition coefficient (Wildman–Crippen LogP) is 4.68. The van der Waals surface area contributed by atoms with E-state index in [0.29, 0.717) is 23.2 Å². The largest absolute Gasteiger partial charge is 0.378 e. The molecule has 2 aromatic carbocycles. The van der Waals surface area contributed by atoms with Crippen molar-refractivity contribution in [2.75, 3.05) is 36.5 Å². The molecule has 2 aliphatic rings. The van der Waals surface area contributed by atoms with E-state index in [4.69, 9.17) is 25.4 Å². The first kappa shape index (κ1) is 23.4. The number of amides is 1. The van der Waals surface area contributed by atoms with Crippen LogP contribution in [-0.2, 0) is 4.74 Å². The fourth-order valence-corrected chi connectivity index (χ4v) is 5.26. The molecular weight excluding hydrogens is 466 g/mol. The van der Waals surface area contributed by atoms with Crippen molar-refractivity contribution in [3.63, 3.8) is 0 Å². The molecular formula is C28H31N7O2. The summed E-state index contributed by atoms with van der Waals surface area (Å²) < 4.78 is 7.69. The molecule has 2 aromatic heterocycles. The van der Waals surface area contributed by atoms with Crippen LogP contribution in [0, 0.1) is 0 Å². The number of rotatable bonds is 6. The Morgan fingerprint density at radius 3 is 2.38 bits per heavy atom. The number of carbonyl (C=O) groups is 1. The van der Waals surface area contributed by atoms with Crippen molar-refractivity contribution >= 4 is 34.3 Å². The monoisotopic (exact) mass is 497 g/mol. The van der Waals surface area contributed by atoms with Gasteiger partial charge in [-0.1, -0.05) is 31.4 Å². The van der Waals surface area contributed by atoms with Crippen molar-refractivity contribution in [2.45, 2.75) is 38.1 Å². The Balaban J connectivity index is 1.37. The van der Waals surface area contributed by atoms with E-state index in [0.717, 1.165) is 61.6 Å². The second kappa shape index (κ2) is 10.2. The molecule has 4 aromatic rings. The summed E-state index contributed by atoms with van der Waals surface area (Å²) in [5.41, 5.74) is 10.4. The Kier molecular flexibility index (Phi) is 6.44. The lowest BCUT2D eigenvalue weighted by atomic mass is 9.95. The molecule has 9 nitrogen and oxygen atoms in total. The molecule has 0 bridgehead atoms. The van der Waals surface area contributed by atoms with Crippen LogP contribution in [0.3, 0.4) is 0 Å². The maximum absolute atomic E-state index is 11.6. The fraction of sp³-hybridized carbons (Fsp3) is 0.357. The Bertz CT molecular complexity index is 1390. The molecule has 0 radical (unpaired) electrons. The molecule has 0 spiro atoms. The highest BCUT2D eigenvalue weighted by Crippen LogP contribution is 2.33. The summed E-state index contributed by atoms with van der Waals surface area (Å²) in [7, 11) is 0. The number of primary amides is 1. The van der Waals surface area contributed by atoms with Gasteiger partial charge in [0.15, 0.2) is 22.8 Å². The number of nitrogens with zero attached hydrogens (tertiary/aromatic N) is 5. The van der Waals surface area contributed by atoms with Crippen LogP contribution in [0.5, 0.6) is 0 Å². The summed E-state index contributed by atoms with van der Waals surface area (Å²) in [4.78, 5) is 28.4. The third kappa shape index (κ3) is 4.86. The van der Waals surface area contributed by atoms with Crippen molar-refractivity contribution in [2.24, 2.45) is 5.73 Å². The summed E-state index contributed by atoms with van der Waals surface area (Å²) in [6, 6.07) is 15.9. The lowest BCUT2D eigenvalue weighted by Gasteiger charge is -2.28. The van der Waals surface area contributed by atoms with Crippen LogP contribution in [0.2, 0.25) is 0 Å². The number of nitrogens with two attached hydrogens (primary N) is 1. The molecule has 37 heavy (non-hydrogen) atoms. The number of fused-ring (bicyclic) bond motifs is 1. The van der Waals surface area contributed by atoms with Gasteiger partial charge in [0.25, 0.3) is 0 Å². The molecule has 6 rings (SSSR count). The van der Waals surface area contributed by atoms with E-state index in [2.05, 4.69) is 39.0 Å². The van der Waals surface area contributed by atoms with E-state index in [1.165, 1.54) is 24.9 Å². The van der Waals surface area contributed by atoms with Gasteiger partial charge in [-0.3, -0.25) is 4.79 Å². The molecule has 3 heterocycles. The number of anilines is 3. The van der Waals surface area contributed by atoms with E-state index in [1.807, 2.05) is 18.5 Å². The van der Waals surface area contributed by atoms with Crippen LogP contribution >= 0.6 is 0 Å². The number of imidazole rings is 1. The lowest BCUT2D eigenvalue weighted by molar-refractivity contribution is 0.100. The molecule has 0 atom stereocenters. The molecule has 3 N–H and O–H groups in total. The van der Waals surface area contributed by atoms with Crippen molar-refractivity contribution in [3.8, 4) is 11.4 Å². The SMILES string of the molecule is NC(=O)c1ccc(-c2nc(Nc3ccc(N4CCOCC4)cc3)c3ncn(C4CCCCC4)c3n2)cc1. The topological polar surface area (TPSA) is 111 Å². The highest BCUT2D eigenvalue weighted by Gasteiger charge is 2.21. The zero-order valence-electron chi connectivity index (χ0n) is 20.8. The van der Waals surface area contributed by atoms with E-state index in [9.17, 15) is 4.79 Å². The van der Waals surface area contributed by atoms with E-state index in [-0.39, 0.29) is 0 Å². The van der Waals surface area contributed by atoms with Crippen molar-refractivity contribution in [1.82, 2.24) is 19.5 Å². The smallest absolute Gasteiger partial charge is 0.248 e. The highest BCUT2D eigenvalue weighted by atomic mass is 16.5. The first-order valence-electron chi connectivity index (χ1n) is 13.0. The van der Waals surface area contributed by atoms with Gasteiger partial charge in [-0.05, 0) is 49.2 Å². The zero-order chi connectivity index (χ0) is 25.2. The molecule has 9 heteroatoms. The van der Waals surface area contributed by atoms with Gasteiger partial charge in [-0.25, -0.2) is 15.0 Å². The van der Waals surface area contributed by atoms with Crippen molar-refractivity contribution in [3.05, 3.63) is 60.4 Å². The number of hydrogen-bond acceptors (Lipinski definition) is 7. The average Bonchev–Trinajstić information content (AvgIpc) is 3.39. The maximum Gasteiger partial charge on any atom is 0.248 e. The Morgan fingerprint density at radius 2 is 1.68 bits per heavy atom. The highest BCUT2D eigenvalue weighted by molar-refractivity contribution is 5.93. The van der Waals surface area contributed by atoms with Gasteiger partial charge in [-0.15, -0.1) is 0 Å². The Hall–Kier alpha value is -3.98. The van der Waals surface area contributed by atoms with Gasteiger partial charge < -0.3 is 25.3 Å². The Labute approximate surface area is 215 Å². The summed E-state index contributed by atoms with van der Waals surface area (Å²) in [6.07, 6.45) is 7.88. The molecule has 1 amide bonds. The summed E-state index contributed by atoms with van der Waals surface area (Å²) in [6.45, 7) is 3.31. The summed E-state index contributed by atoms with van der Waals surface area (Å²) >= 11 is 0. The lowest BCUT2D eigenvalue weighted by Crippen LogP contribution is -2.36. The molecule has 2 fully saturated rings. The van der Waals surface area contributed by atoms with Crippen molar-refractivity contribution < 1.29 is 9.53 Å². The number of carbonyl (C=O) groups excluding carboxylic acids is 1. The van der Waals surface area contributed by atoms with Gasteiger partial charge in [0.1, 0.15) is 0 Å². The van der Waals surface area contributed by atoms with E-state index < -0.39 is 5.91 Å². The summed E-state index contributed by atoms with van der Waals surface area (Å²) in [5, 5.41) is 3.49. The van der Waals surface area contributed by atoms with Crippen LogP contribution in [0.25, 0.3) is 22.6 Å². The Morgan fingerprint density at radius 1 is 0.946 bits per heavy atom. The minimum absolute atomic E-state index is 0.388. The van der Waals surface area contributed by atoms with Crippen LogP contribution in [0.4, 0.5) is 17.2 Å². The number of hydrogen-bond donors (Lipinski definition) is 2. The summed E-state index contributed by atoms with van der Waals surface area (Å²) in [5.74, 6) is 0.780. The number of nitrogens with one attached hydrogen (secondary N) is 1. The third-order valence-corrected chi connectivity index (χ3v) is 7.32. The standard InChI is InChI=1S/C28H31N7O2/c29-25(36)19-6-8-20(9-7-19)26-32-27(24-28(33-26)35(18-30-24)23-4-2-1-3-5-23)31-21-10-12-22(13-11-21)34-14-16-37-17-15-34/h6-13,18,23H,1-5,14-17H2,(H2,29,36)(H,31,32,33). The predicted molar refractivity (Wildman–Crippen MR) is 144 cm³/mol. The molecule has 1 saturated heterocycles. The quantitative estimate of drug-likeness (QED) is 0.398. The van der Waals surface area contributed by atoms with Gasteiger partial charge >= 0.3 is 0 Å². The molecule has 190 valence electrons. The van der Waals surface area contributed by atoms with Crippen LogP contribution < -0.4 is 16.0 Å². The number of benzene rings is 2. The van der Waals surface area contributed by atoms with Crippen molar-refractivity contribution in [1.29, 1.82) is 0 Å². The number of morpholine rings is 1. The number of ether oxygens (including phenoxy) is 1. The second-order valence-electron chi connectivity index (χ2n) is 9.72. The van der Waals surface area contributed by atoms with Gasteiger partial charge in [-0.2, -0.15) is 0 Å². The van der Waals surface area contributed by atoms with Gasteiger partial charge in [0.05, 0.1) is 19.5 Å². The van der Waals surface area contributed by atoms with Gasteiger partial charge in [0, 0.05) is 41.6 Å². The fourth-order valence-electron chi connectivity index (χ4n) is 5.26. The average molecular weight is 498 g/mol. The van der Waals surface area contributed by atoms with Gasteiger partial charge in [0.2, 0.25) is 5.91 Å².